The summed E-state index contributed by atoms with van der Waals surface area (Å²) in [5.74, 6) is -3.21. The average molecular weight is 222 g/mol. The second-order valence-electron chi connectivity index (χ2n) is 3.42. The monoisotopic (exact) mass is 222 g/mol. The molecule has 1 unspecified atom stereocenters. The van der Waals surface area contributed by atoms with Gasteiger partial charge in [-0.25, -0.2) is 4.39 Å². The maximum absolute atomic E-state index is 13.2. The Morgan fingerprint density at radius 3 is 2.27 bits per heavy atom. The molecule has 5 heteroatoms. The van der Waals surface area contributed by atoms with Crippen LogP contribution >= 0.6 is 0 Å². The fraction of sp³-hybridized carbons (Fsp3) is 0.400. The van der Waals surface area contributed by atoms with Crippen molar-refractivity contribution in [3.05, 3.63) is 29.1 Å². The van der Waals surface area contributed by atoms with Crippen LogP contribution in [-0.2, 0) is 0 Å². The van der Waals surface area contributed by atoms with E-state index in [4.69, 9.17) is 0 Å². The van der Waals surface area contributed by atoms with Crippen molar-refractivity contribution in [3.63, 3.8) is 0 Å². The van der Waals surface area contributed by atoms with Gasteiger partial charge in [0.15, 0.2) is 0 Å². The topological polar surface area (TPSA) is 20.2 Å². The number of halogens is 4. The molecule has 1 nitrogen and oxygen atoms in total. The van der Waals surface area contributed by atoms with Crippen LogP contribution in [0.25, 0.3) is 0 Å². The summed E-state index contributed by atoms with van der Waals surface area (Å²) in [4.78, 5) is 0. The predicted octanol–water partition coefficient (Wildman–Crippen LogP) is 3.51. The van der Waals surface area contributed by atoms with E-state index in [1.165, 1.54) is 6.92 Å². The molecule has 0 aliphatic rings. The molecule has 0 saturated heterocycles. The molecular formula is C10H10F4O. The Balaban J connectivity index is 3.21. The summed E-state index contributed by atoms with van der Waals surface area (Å²) < 4.78 is 50.1. The Labute approximate surface area is 84.3 Å². The van der Waals surface area contributed by atoms with E-state index < -0.39 is 23.5 Å². The van der Waals surface area contributed by atoms with Crippen molar-refractivity contribution in [3.8, 4) is 5.75 Å². The minimum Gasteiger partial charge on any atom is -0.508 e. The third-order valence-corrected chi connectivity index (χ3v) is 2.27. The quantitative estimate of drug-likeness (QED) is 0.721. The molecule has 1 atom stereocenters. The first-order valence-corrected chi connectivity index (χ1v) is 4.29. The zero-order valence-electron chi connectivity index (χ0n) is 8.19. The molecule has 0 radical (unpaired) electrons. The van der Waals surface area contributed by atoms with Gasteiger partial charge in [0.1, 0.15) is 11.6 Å². The van der Waals surface area contributed by atoms with Crippen LogP contribution in [0.3, 0.4) is 0 Å². The fourth-order valence-electron chi connectivity index (χ4n) is 1.19. The molecule has 1 rings (SSSR count). The standard InChI is InChI=1S/C10H10F4O/c1-5-3-8(11)7(4-9(5)15)6(2)10(12,13)14/h3-4,6,15H,1-2H3. The van der Waals surface area contributed by atoms with Gasteiger partial charge in [0.2, 0.25) is 0 Å². The lowest BCUT2D eigenvalue weighted by Gasteiger charge is -2.17. The van der Waals surface area contributed by atoms with Crippen LogP contribution in [0.5, 0.6) is 5.75 Å². The van der Waals surface area contributed by atoms with Crippen LogP contribution in [0.4, 0.5) is 17.6 Å². The van der Waals surface area contributed by atoms with Crippen molar-refractivity contribution in [2.75, 3.05) is 0 Å². The van der Waals surface area contributed by atoms with Gasteiger partial charge < -0.3 is 5.11 Å². The Kier molecular flexibility index (Phi) is 2.93. The SMILES string of the molecule is Cc1cc(F)c(C(C)C(F)(F)F)cc1O. The highest BCUT2D eigenvalue weighted by molar-refractivity contribution is 5.38. The molecule has 84 valence electrons. The normalized spacial score (nSPS) is 14.0. The lowest BCUT2D eigenvalue weighted by molar-refractivity contribution is -0.146. The number of benzene rings is 1. The van der Waals surface area contributed by atoms with Crippen LogP contribution in [0, 0.1) is 12.7 Å². The zero-order chi connectivity index (χ0) is 11.8. The lowest BCUT2D eigenvalue weighted by Crippen LogP contribution is -2.18. The molecule has 0 saturated carbocycles. The largest absolute Gasteiger partial charge is 0.508 e. The number of rotatable bonds is 1. The van der Waals surface area contributed by atoms with Gasteiger partial charge in [0.05, 0.1) is 5.92 Å². The van der Waals surface area contributed by atoms with E-state index in [0.29, 0.717) is 0 Å². The number of hydrogen-bond donors (Lipinski definition) is 1. The van der Waals surface area contributed by atoms with E-state index in [0.717, 1.165) is 19.1 Å². The van der Waals surface area contributed by atoms with Crippen molar-refractivity contribution in [2.45, 2.75) is 25.9 Å². The van der Waals surface area contributed by atoms with Crippen molar-refractivity contribution < 1.29 is 22.7 Å². The minimum absolute atomic E-state index is 0.214. The molecule has 1 N–H and O–H groups in total. The van der Waals surface area contributed by atoms with Crippen molar-refractivity contribution in [2.24, 2.45) is 0 Å². The third-order valence-electron chi connectivity index (χ3n) is 2.27. The minimum atomic E-state index is -4.51. The van der Waals surface area contributed by atoms with Crippen LogP contribution in [0.15, 0.2) is 12.1 Å². The first-order valence-electron chi connectivity index (χ1n) is 4.29. The number of aromatic hydroxyl groups is 1. The van der Waals surface area contributed by atoms with Crippen LogP contribution in [-0.4, -0.2) is 11.3 Å². The molecule has 0 aliphatic carbocycles. The van der Waals surface area contributed by atoms with E-state index in [9.17, 15) is 22.7 Å². The Morgan fingerprint density at radius 2 is 1.80 bits per heavy atom. The summed E-state index contributed by atoms with van der Waals surface area (Å²) in [6.45, 7) is 2.27. The Bertz CT molecular complexity index is 370. The van der Waals surface area contributed by atoms with Crippen LogP contribution < -0.4 is 0 Å². The molecule has 1 aromatic carbocycles. The summed E-state index contributed by atoms with van der Waals surface area (Å²) in [6, 6.07) is 1.72. The van der Waals surface area contributed by atoms with E-state index in [1.807, 2.05) is 0 Å². The molecule has 0 spiro atoms. The second kappa shape index (κ2) is 3.72. The van der Waals surface area contributed by atoms with Crippen LogP contribution in [0.1, 0.15) is 24.0 Å². The van der Waals surface area contributed by atoms with E-state index in [-0.39, 0.29) is 11.3 Å². The zero-order valence-corrected chi connectivity index (χ0v) is 8.19. The summed E-state index contributed by atoms with van der Waals surface area (Å²) in [5, 5.41) is 9.21. The summed E-state index contributed by atoms with van der Waals surface area (Å²) in [5.41, 5.74) is -0.323. The second-order valence-corrected chi connectivity index (χ2v) is 3.42. The maximum atomic E-state index is 13.2. The summed E-state index contributed by atoms with van der Waals surface area (Å²) in [6.07, 6.45) is -4.51. The molecule has 0 aromatic heterocycles. The van der Waals surface area contributed by atoms with Gasteiger partial charge in [-0.1, -0.05) is 0 Å². The third kappa shape index (κ3) is 2.40. The lowest BCUT2D eigenvalue weighted by atomic mass is 9.98. The summed E-state index contributed by atoms with van der Waals surface area (Å²) in [7, 11) is 0. The van der Waals surface area contributed by atoms with E-state index in [2.05, 4.69) is 0 Å². The first-order chi connectivity index (χ1) is 6.73. The number of hydrogen-bond acceptors (Lipinski definition) is 1. The number of alkyl halides is 3. The highest BCUT2D eigenvalue weighted by Gasteiger charge is 2.38. The van der Waals surface area contributed by atoms with Crippen molar-refractivity contribution in [1.29, 1.82) is 0 Å². The van der Waals surface area contributed by atoms with Crippen LogP contribution in [0.2, 0.25) is 0 Å². The van der Waals surface area contributed by atoms with Gasteiger partial charge in [-0.2, -0.15) is 13.2 Å². The van der Waals surface area contributed by atoms with E-state index >= 15 is 0 Å². The average Bonchev–Trinajstić information content (AvgIpc) is 2.08. The van der Waals surface area contributed by atoms with Gasteiger partial charge in [-0.15, -0.1) is 0 Å². The van der Waals surface area contributed by atoms with Crippen molar-refractivity contribution >= 4 is 0 Å². The molecule has 0 bridgehead atoms. The molecule has 1 aromatic rings. The molecule has 15 heavy (non-hydrogen) atoms. The number of phenolic OH excluding ortho intramolecular Hbond substituents is 1. The predicted molar refractivity (Wildman–Crippen MR) is 47.3 cm³/mol. The van der Waals surface area contributed by atoms with Gasteiger partial charge >= 0.3 is 6.18 Å². The number of aryl methyl sites for hydroxylation is 1. The number of phenols is 1. The molecule has 0 heterocycles. The van der Waals surface area contributed by atoms with Gasteiger partial charge in [0.25, 0.3) is 0 Å². The molecule has 0 aliphatic heterocycles. The van der Waals surface area contributed by atoms with Crippen molar-refractivity contribution in [1.82, 2.24) is 0 Å². The first kappa shape index (κ1) is 11.8. The molecule has 0 fully saturated rings. The highest BCUT2D eigenvalue weighted by Crippen LogP contribution is 2.37. The molecular weight excluding hydrogens is 212 g/mol. The van der Waals surface area contributed by atoms with Gasteiger partial charge in [0, 0.05) is 5.56 Å². The van der Waals surface area contributed by atoms with Gasteiger partial charge in [-0.05, 0) is 31.5 Å². The summed E-state index contributed by atoms with van der Waals surface area (Å²) >= 11 is 0. The van der Waals surface area contributed by atoms with E-state index in [1.54, 1.807) is 0 Å². The molecule has 0 amide bonds. The highest BCUT2D eigenvalue weighted by atomic mass is 19.4. The van der Waals surface area contributed by atoms with Gasteiger partial charge in [-0.3, -0.25) is 0 Å². The Hall–Kier alpha value is -1.26. The fourth-order valence-corrected chi connectivity index (χ4v) is 1.19. The Morgan fingerprint density at radius 1 is 1.27 bits per heavy atom. The maximum Gasteiger partial charge on any atom is 0.395 e. The smallest absolute Gasteiger partial charge is 0.395 e.